The molecule has 152 valence electrons. The molecule has 3 atom stereocenters. The van der Waals surface area contributed by atoms with Gasteiger partial charge in [0.05, 0.1) is 11.5 Å². The Hall–Kier alpha value is -2.80. The van der Waals surface area contributed by atoms with Gasteiger partial charge in [0.2, 0.25) is 5.91 Å². The molecule has 2 aromatic rings. The number of carbonyl (C=O) groups excluding carboxylic acids is 2. The number of aliphatic hydroxyl groups is 1. The number of hydrogen-bond acceptors (Lipinski definition) is 3. The van der Waals surface area contributed by atoms with Gasteiger partial charge in [0.15, 0.2) is 0 Å². The highest BCUT2D eigenvalue weighted by molar-refractivity contribution is 6.00. The largest absolute Gasteiger partial charge is 0.393 e. The number of aliphatic hydroxyl groups excluding tert-OH is 1. The molecule has 2 fully saturated rings. The molecule has 29 heavy (non-hydrogen) atoms. The van der Waals surface area contributed by atoms with Crippen LogP contribution in [-0.2, 0) is 4.79 Å². The van der Waals surface area contributed by atoms with Gasteiger partial charge in [0.25, 0.3) is 5.91 Å². The third-order valence-electron chi connectivity index (χ3n) is 5.87. The Bertz CT molecular complexity index is 951. The molecule has 1 saturated heterocycles. The second kappa shape index (κ2) is 7.55. The molecule has 1 saturated carbocycles. The van der Waals surface area contributed by atoms with Gasteiger partial charge in [-0.2, -0.15) is 0 Å². The first kappa shape index (κ1) is 19.5. The van der Waals surface area contributed by atoms with Crippen molar-refractivity contribution in [3.8, 4) is 0 Å². The van der Waals surface area contributed by atoms with E-state index in [1.165, 1.54) is 30.3 Å². The van der Waals surface area contributed by atoms with Crippen LogP contribution in [0.4, 0.5) is 14.5 Å². The van der Waals surface area contributed by atoms with Crippen LogP contribution in [0.2, 0.25) is 0 Å². The maximum atomic E-state index is 13.6. The van der Waals surface area contributed by atoms with Crippen LogP contribution in [0.5, 0.6) is 0 Å². The summed E-state index contributed by atoms with van der Waals surface area (Å²) in [6.07, 6.45) is 0.805. The average Bonchev–Trinajstić information content (AvgIpc) is 2.96. The lowest BCUT2D eigenvalue weighted by atomic mass is 9.69. The van der Waals surface area contributed by atoms with Crippen molar-refractivity contribution in [1.82, 2.24) is 5.32 Å². The van der Waals surface area contributed by atoms with Crippen molar-refractivity contribution in [2.75, 3.05) is 11.4 Å². The lowest BCUT2D eigenvalue weighted by Crippen LogP contribution is -2.49. The summed E-state index contributed by atoms with van der Waals surface area (Å²) >= 11 is 0. The molecule has 2 N–H and O–H groups in total. The molecule has 1 unspecified atom stereocenters. The van der Waals surface area contributed by atoms with Gasteiger partial charge in [0.1, 0.15) is 11.6 Å². The maximum absolute atomic E-state index is 13.6. The van der Waals surface area contributed by atoms with Crippen LogP contribution < -0.4 is 10.2 Å². The van der Waals surface area contributed by atoms with Crippen LogP contribution in [0.3, 0.4) is 0 Å². The molecule has 2 aromatic carbocycles. The second-order valence-electron chi connectivity index (χ2n) is 7.95. The van der Waals surface area contributed by atoms with E-state index in [2.05, 4.69) is 5.32 Å². The zero-order valence-corrected chi connectivity index (χ0v) is 15.8. The summed E-state index contributed by atoms with van der Waals surface area (Å²) in [5, 5.41) is 13.2. The van der Waals surface area contributed by atoms with E-state index < -0.39 is 35.1 Å². The van der Waals surface area contributed by atoms with Crippen molar-refractivity contribution in [1.29, 1.82) is 0 Å². The summed E-state index contributed by atoms with van der Waals surface area (Å²) in [5.41, 5.74) is -0.116. The highest BCUT2D eigenvalue weighted by Gasteiger charge is 2.51. The number of amides is 2. The van der Waals surface area contributed by atoms with E-state index in [4.69, 9.17) is 0 Å². The van der Waals surface area contributed by atoms with E-state index in [1.807, 2.05) is 0 Å². The molecular formula is C22H22F2N2O3. The van der Waals surface area contributed by atoms with E-state index in [0.29, 0.717) is 37.9 Å². The summed E-state index contributed by atoms with van der Waals surface area (Å²) < 4.78 is 27.0. The molecule has 2 aliphatic rings. The Labute approximate surface area is 167 Å². The molecule has 4 rings (SSSR count). The molecule has 1 aliphatic carbocycles. The fraction of sp³-hybridized carbons (Fsp3) is 0.364. The molecule has 1 aliphatic heterocycles. The Morgan fingerprint density at radius 1 is 1.10 bits per heavy atom. The molecule has 2 amide bonds. The third-order valence-corrected chi connectivity index (χ3v) is 5.87. The minimum atomic E-state index is -0.802. The molecular weight excluding hydrogens is 378 g/mol. The van der Waals surface area contributed by atoms with Gasteiger partial charge < -0.3 is 15.3 Å². The zero-order valence-electron chi connectivity index (χ0n) is 15.8. The Morgan fingerprint density at radius 2 is 1.83 bits per heavy atom. The van der Waals surface area contributed by atoms with Crippen LogP contribution in [0.25, 0.3) is 0 Å². The highest BCUT2D eigenvalue weighted by Crippen LogP contribution is 2.46. The number of rotatable bonds is 3. The lowest BCUT2D eigenvalue weighted by molar-refractivity contribution is -0.130. The lowest BCUT2D eigenvalue weighted by Gasteiger charge is -2.39. The molecule has 0 radical (unpaired) electrons. The summed E-state index contributed by atoms with van der Waals surface area (Å²) in [5.74, 6) is -1.52. The third kappa shape index (κ3) is 3.87. The molecule has 7 heteroatoms. The number of hydrogen-bond donors (Lipinski definition) is 2. The predicted molar refractivity (Wildman–Crippen MR) is 103 cm³/mol. The highest BCUT2D eigenvalue weighted by atomic mass is 19.1. The van der Waals surface area contributed by atoms with E-state index >= 15 is 0 Å². The molecule has 0 aromatic heterocycles. The van der Waals surface area contributed by atoms with Crippen molar-refractivity contribution in [2.45, 2.75) is 37.8 Å². The average molecular weight is 400 g/mol. The van der Waals surface area contributed by atoms with Crippen molar-refractivity contribution in [3.05, 3.63) is 65.7 Å². The number of benzene rings is 2. The normalized spacial score (nSPS) is 26.7. The van der Waals surface area contributed by atoms with Crippen LogP contribution in [0.1, 0.15) is 36.0 Å². The molecule has 0 bridgehead atoms. The van der Waals surface area contributed by atoms with Gasteiger partial charge in [0, 0.05) is 23.8 Å². The Morgan fingerprint density at radius 3 is 2.55 bits per heavy atom. The number of nitrogens with zero attached hydrogens (tertiary/aromatic N) is 1. The van der Waals surface area contributed by atoms with E-state index in [-0.39, 0.29) is 11.5 Å². The summed E-state index contributed by atoms with van der Waals surface area (Å²) in [4.78, 5) is 27.2. The van der Waals surface area contributed by atoms with Gasteiger partial charge in [-0.3, -0.25) is 9.59 Å². The Kier molecular flexibility index (Phi) is 5.08. The van der Waals surface area contributed by atoms with Crippen molar-refractivity contribution >= 4 is 17.5 Å². The van der Waals surface area contributed by atoms with Crippen molar-refractivity contribution in [3.63, 3.8) is 0 Å². The van der Waals surface area contributed by atoms with E-state index in [9.17, 15) is 23.5 Å². The quantitative estimate of drug-likeness (QED) is 0.832. The first-order valence-electron chi connectivity index (χ1n) is 9.68. The predicted octanol–water partition coefficient (Wildman–Crippen LogP) is 3.03. The summed E-state index contributed by atoms with van der Waals surface area (Å²) in [6.45, 7) is 0.430. The fourth-order valence-corrected chi connectivity index (χ4v) is 4.60. The van der Waals surface area contributed by atoms with Gasteiger partial charge in [-0.1, -0.05) is 12.1 Å². The summed E-state index contributed by atoms with van der Waals surface area (Å²) in [7, 11) is 0. The standard InChI is InChI=1S/C22H22F2N2O3/c23-15-4-1-3-14(9-15)20(28)25-17-11-19(27)13-22(12-17)7-8-26(21(22)29)18-6-2-5-16(24)10-18/h1-6,9-10,17,19,27H,7-8,11-13H2,(H,25,28)/t17-,19?,22+/m1/s1. The van der Waals surface area contributed by atoms with Crippen LogP contribution in [0, 0.1) is 17.0 Å². The number of nitrogens with one attached hydrogen (secondary N) is 1. The summed E-state index contributed by atoms with van der Waals surface area (Å²) in [6, 6.07) is 10.8. The number of anilines is 1. The first-order valence-corrected chi connectivity index (χ1v) is 9.68. The number of halogens is 2. The second-order valence-corrected chi connectivity index (χ2v) is 7.95. The minimum absolute atomic E-state index is 0.160. The van der Waals surface area contributed by atoms with Crippen LogP contribution >= 0.6 is 0 Å². The topological polar surface area (TPSA) is 69.6 Å². The van der Waals surface area contributed by atoms with Gasteiger partial charge >= 0.3 is 0 Å². The SMILES string of the molecule is O=C(N[C@@H]1CC(O)C[C@]2(CCN(c3cccc(F)c3)C2=O)C1)c1cccc(F)c1. The Balaban J connectivity index is 1.51. The minimum Gasteiger partial charge on any atom is -0.393 e. The first-order chi connectivity index (χ1) is 13.9. The molecule has 1 heterocycles. The van der Waals surface area contributed by atoms with Gasteiger partial charge in [-0.25, -0.2) is 8.78 Å². The van der Waals surface area contributed by atoms with Crippen LogP contribution in [-0.4, -0.2) is 35.6 Å². The number of carbonyl (C=O) groups is 2. The van der Waals surface area contributed by atoms with E-state index in [1.54, 1.807) is 17.0 Å². The monoisotopic (exact) mass is 400 g/mol. The zero-order chi connectivity index (χ0) is 20.6. The van der Waals surface area contributed by atoms with Crippen LogP contribution in [0.15, 0.2) is 48.5 Å². The van der Waals surface area contributed by atoms with E-state index in [0.717, 1.165) is 6.07 Å². The van der Waals surface area contributed by atoms with Gasteiger partial charge in [-0.05, 0) is 62.1 Å². The molecule has 1 spiro atoms. The maximum Gasteiger partial charge on any atom is 0.251 e. The van der Waals surface area contributed by atoms with Crippen molar-refractivity contribution < 1.29 is 23.5 Å². The fourth-order valence-electron chi connectivity index (χ4n) is 4.60. The molecule has 5 nitrogen and oxygen atoms in total. The smallest absolute Gasteiger partial charge is 0.251 e. The van der Waals surface area contributed by atoms with Crippen molar-refractivity contribution in [2.24, 2.45) is 5.41 Å². The van der Waals surface area contributed by atoms with Gasteiger partial charge in [-0.15, -0.1) is 0 Å².